The van der Waals surface area contributed by atoms with Crippen molar-refractivity contribution in [2.24, 2.45) is 35.5 Å². The Kier molecular flexibility index (Phi) is 1.25. The number of rotatable bonds is 0. The van der Waals surface area contributed by atoms with Crippen LogP contribution < -0.4 is 0 Å². The Morgan fingerprint density at radius 2 is 1.44 bits per heavy atom. The van der Waals surface area contributed by atoms with E-state index in [9.17, 15) is 10.2 Å². The Labute approximate surface area is 96.0 Å². The van der Waals surface area contributed by atoms with Crippen molar-refractivity contribution in [1.29, 1.82) is 0 Å². The van der Waals surface area contributed by atoms with Gasteiger partial charge in [-0.05, 0) is 67.6 Å². The molecular formula is C14H20O2. The fraction of sp³-hybridized carbons (Fsp3) is 1.00. The molecule has 88 valence electrons. The van der Waals surface area contributed by atoms with Crippen LogP contribution in [-0.4, -0.2) is 21.4 Å². The van der Waals surface area contributed by atoms with E-state index in [4.69, 9.17) is 0 Å². The number of aliphatic hydroxyl groups is 2. The largest absolute Gasteiger partial charge is 0.390 e. The van der Waals surface area contributed by atoms with Crippen LogP contribution in [0.2, 0.25) is 0 Å². The molecule has 7 saturated carbocycles. The maximum atomic E-state index is 11.0. The van der Waals surface area contributed by atoms with Crippen LogP contribution in [-0.2, 0) is 0 Å². The van der Waals surface area contributed by atoms with E-state index in [0.29, 0.717) is 30.1 Å². The molecule has 0 aromatic heterocycles. The van der Waals surface area contributed by atoms with Crippen LogP contribution in [0.1, 0.15) is 38.5 Å². The topological polar surface area (TPSA) is 40.5 Å². The molecule has 7 fully saturated rings. The highest BCUT2D eigenvalue weighted by atomic mass is 16.3. The van der Waals surface area contributed by atoms with E-state index in [-0.39, 0.29) is 0 Å². The van der Waals surface area contributed by atoms with Gasteiger partial charge in [-0.2, -0.15) is 0 Å². The van der Waals surface area contributed by atoms with Crippen LogP contribution >= 0.6 is 0 Å². The molecule has 0 aromatic rings. The van der Waals surface area contributed by atoms with Crippen molar-refractivity contribution in [2.75, 3.05) is 0 Å². The second-order valence-corrected chi connectivity index (χ2v) is 7.58. The molecule has 2 nitrogen and oxygen atoms in total. The Morgan fingerprint density at radius 1 is 0.812 bits per heavy atom. The first-order valence-electron chi connectivity index (χ1n) is 7.04. The Morgan fingerprint density at radius 3 is 2.06 bits per heavy atom. The van der Waals surface area contributed by atoms with Crippen molar-refractivity contribution >= 4 is 0 Å². The monoisotopic (exact) mass is 220 g/mol. The predicted molar refractivity (Wildman–Crippen MR) is 58.5 cm³/mol. The summed E-state index contributed by atoms with van der Waals surface area (Å²) in [4.78, 5) is 0. The molecule has 16 heavy (non-hydrogen) atoms. The first kappa shape index (κ1) is 8.93. The van der Waals surface area contributed by atoms with Crippen LogP contribution in [0.5, 0.6) is 0 Å². The quantitative estimate of drug-likeness (QED) is 0.650. The molecule has 7 rings (SSSR count). The minimum Gasteiger partial charge on any atom is -0.390 e. The van der Waals surface area contributed by atoms with Gasteiger partial charge < -0.3 is 10.2 Å². The lowest BCUT2D eigenvalue weighted by Crippen LogP contribution is -2.75. The number of hydrogen-bond donors (Lipinski definition) is 2. The zero-order valence-corrected chi connectivity index (χ0v) is 9.60. The third-order valence-electron chi connectivity index (χ3n) is 7.04. The average Bonchev–Trinajstić information content (AvgIpc) is 2.23. The van der Waals surface area contributed by atoms with E-state index >= 15 is 0 Å². The van der Waals surface area contributed by atoms with Gasteiger partial charge in [-0.3, -0.25) is 0 Å². The molecule has 2 N–H and O–H groups in total. The standard InChI is InChI=1S/C14H20O2/c15-13-4-9-8-1-7-2-11(9)14(16,6-13)12(3-7)10(8)5-13/h7-12,15-16H,1-6H2. The number of hydrogen-bond acceptors (Lipinski definition) is 2. The van der Waals surface area contributed by atoms with Gasteiger partial charge >= 0.3 is 0 Å². The van der Waals surface area contributed by atoms with Gasteiger partial charge in [-0.15, -0.1) is 0 Å². The molecule has 4 unspecified atom stereocenters. The van der Waals surface area contributed by atoms with E-state index in [1.165, 1.54) is 19.3 Å². The fourth-order valence-corrected chi connectivity index (χ4v) is 6.91. The first-order chi connectivity index (χ1) is 7.59. The zero-order valence-electron chi connectivity index (χ0n) is 9.60. The van der Waals surface area contributed by atoms with Crippen LogP contribution in [0.15, 0.2) is 0 Å². The van der Waals surface area contributed by atoms with Crippen molar-refractivity contribution in [1.82, 2.24) is 0 Å². The molecular weight excluding hydrogens is 200 g/mol. The summed E-state index contributed by atoms with van der Waals surface area (Å²) in [6.45, 7) is 0. The lowest BCUT2D eigenvalue weighted by Gasteiger charge is -2.74. The van der Waals surface area contributed by atoms with Gasteiger partial charge in [0.1, 0.15) is 0 Å². The lowest BCUT2D eigenvalue weighted by atomic mass is 9.33. The van der Waals surface area contributed by atoms with E-state index in [1.807, 2.05) is 0 Å². The predicted octanol–water partition coefficient (Wildman–Crippen LogP) is 1.55. The molecule has 2 heteroatoms. The summed E-state index contributed by atoms with van der Waals surface area (Å²) in [5.41, 5.74) is -0.953. The highest BCUT2D eigenvalue weighted by molar-refractivity contribution is 5.22. The Hall–Kier alpha value is -0.0800. The fourth-order valence-electron chi connectivity index (χ4n) is 6.91. The highest BCUT2D eigenvalue weighted by Crippen LogP contribution is 2.73. The SMILES string of the molecule is OC12CC3C4CC5CC3C(O)(C1)C(C5)C4C2. The normalized spacial score (nSPS) is 73.9. The second-order valence-electron chi connectivity index (χ2n) is 7.58. The summed E-state index contributed by atoms with van der Waals surface area (Å²) in [6.07, 6.45) is 6.63. The van der Waals surface area contributed by atoms with E-state index in [0.717, 1.165) is 24.7 Å². The van der Waals surface area contributed by atoms with Crippen LogP contribution in [0.4, 0.5) is 0 Å². The molecule has 0 amide bonds. The summed E-state index contributed by atoms with van der Waals surface area (Å²) in [6, 6.07) is 0. The van der Waals surface area contributed by atoms with E-state index in [1.54, 1.807) is 0 Å². The summed E-state index contributed by atoms with van der Waals surface area (Å²) < 4.78 is 0. The Bertz CT molecular complexity index is 353. The molecule has 8 bridgehead atoms. The molecule has 0 radical (unpaired) electrons. The van der Waals surface area contributed by atoms with Crippen molar-refractivity contribution in [2.45, 2.75) is 49.7 Å². The lowest BCUT2D eigenvalue weighted by molar-refractivity contribution is -0.322. The van der Waals surface area contributed by atoms with Gasteiger partial charge in [0, 0.05) is 6.42 Å². The molecule has 0 saturated heterocycles. The van der Waals surface area contributed by atoms with Gasteiger partial charge in [0.2, 0.25) is 0 Å². The molecule has 0 aliphatic heterocycles. The minimum atomic E-state index is -0.488. The Balaban J connectivity index is 1.73. The zero-order chi connectivity index (χ0) is 10.7. The van der Waals surface area contributed by atoms with Gasteiger partial charge in [0.05, 0.1) is 11.2 Å². The van der Waals surface area contributed by atoms with E-state index < -0.39 is 11.2 Å². The minimum absolute atomic E-state index is 0.464. The smallest absolute Gasteiger partial charge is 0.0736 e. The first-order valence-corrected chi connectivity index (χ1v) is 7.04. The van der Waals surface area contributed by atoms with Gasteiger partial charge in [0.25, 0.3) is 0 Å². The van der Waals surface area contributed by atoms with Gasteiger partial charge in [-0.25, -0.2) is 0 Å². The molecule has 0 heterocycles. The summed E-state index contributed by atoms with van der Waals surface area (Å²) >= 11 is 0. The molecule has 0 aromatic carbocycles. The maximum Gasteiger partial charge on any atom is 0.0736 e. The van der Waals surface area contributed by atoms with Crippen molar-refractivity contribution in [3.05, 3.63) is 0 Å². The van der Waals surface area contributed by atoms with Crippen LogP contribution in [0.3, 0.4) is 0 Å². The summed E-state index contributed by atoms with van der Waals surface area (Å²) in [5, 5.41) is 21.6. The average molecular weight is 220 g/mol. The van der Waals surface area contributed by atoms with Gasteiger partial charge in [-0.1, -0.05) is 0 Å². The highest BCUT2D eigenvalue weighted by Gasteiger charge is 2.72. The van der Waals surface area contributed by atoms with Crippen molar-refractivity contribution in [3.8, 4) is 0 Å². The van der Waals surface area contributed by atoms with Crippen molar-refractivity contribution in [3.63, 3.8) is 0 Å². The van der Waals surface area contributed by atoms with Gasteiger partial charge in [0.15, 0.2) is 0 Å². The maximum absolute atomic E-state index is 11.0. The van der Waals surface area contributed by atoms with E-state index in [2.05, 4.69) is 0 Å². The second kappa shape index (κ2) is 2.24. The third-order valence-corrected chi connectivity index (χ3v) is 7.04. The molecule has 7 aliphatic carbocycles. The van der Waals surface area contributed by atoms with Crippen LogP contribution in [0, 0.1) is 35.5 Å². The third kappa shape index (κ3) is 0.743. The van der Waals surface area contributed by atoms with Crippen LogP contribution in [0.25, 0.3) is 0 Å². The summed E-state index contributed by atoms with van der Waals surface area (Å²) in [5.74, 6) is 4.20. The molecule has 4 atom stereocenters. The summed E-state index contributed by atoms with van der Waals surface area (Å²) in [7, 11) is 0. The molecule has 0 spiro atoms. The van der Waals surface area contributed by atoms with Crippen molar-refractivity contribution < 1.29 is 10.2 Å². The molecule has 7 aliphatic rings.